The largest absolute Gasteiger partial charge is 0.573 e. The Morgan fingerprint density at radius 1 is 0.818 bits per heavy atom. The van der Waals surface area contributed by atoms with Crippen LogP contribution in [0.15, 0.2) is 48.5 Å². The van der Waals surface area contributed by atoms with Gasteiger partial charge in [-0.25, -0.2) is 4.90 Å². The van der Waals surface area contributed by atoms with Crippen molar-refractivity contribution in [2.75, 3.05) is 4.90 Å². The van der Waals surface area contributed by atoms with Gasteiger partial charge >= 0.3 is 6.36 Å². The fourth-order valence-corrected chi connectivity index (χ4v) is 2.26. The number of imide groups is 1. The first-order valence-electron chi connectivity index (χ1n) is 6.21. The molecule has 3 rings (SSSR count). The molecule has 1 heterocycles. The summed E-state index contributed by atoms with van der Waals surface area (Å²) in [4.78, 5) is 25.3. The zero-order valence-corrected chi connectivity index (χ0v) is 10.9. The first-order valence-corrected chi connectivity index (χ1v) is 6.21. The SMILES string of the molecule is O=C1c2ccccc2C(=O)N1c1ccccc1OC(F)(F)F. The lowest BCUT2D eigenvalue weighted by Gasteiger charge is -2.19. The smallest absolute Gasteiger partial charge is 0.404 e. The summed E-state index contributed by atoms with van der Waals surface area (Å²) in [5.41, 5.74) is 0.0506. The molecule has 0 N–H and O–H groups in total. The Morgan fingerprint density at radius 3 is 1.86 bits per heavy atom. The van der Waals surface area contributed by atoms with Crippen molar-refractivity contribution in [1.82, 2.24) is 0 Å². The van der Waals surface area contributed by atoms with Crippen LogP contribution in [-0.4, -0.2) is 18.2 Å². The highest BCUT2D eigenvalue weighted by Crippen LogP contribution is 2.37. The normalized spacial score (nSPS) is 14.2. The molecular weight excluding hydrogens is 299 g/mol. The lowest BCUT2D eigenvalue weighted by Crippen LogP contribution is -2.30. The Morgan fingerprint density at radius 2 is 1.32 bits per heavy atom. The topological polar surface area (TPSA) is 46.6 Å². The van der Waals surface area contributed by atoms with Crippen molar-refractivity contribution < 1.29 is 27.5 Å². The van der Waals surface area contributed by atoms with Gasteiger partial charge in [-0.05, 0) is 24.3 Å². The van der Waals surface area contributed by atoms with E-state index >= 15 is 0 Å². The number of hydrogen-bond donors (Lipinski definition) is 0. The maximum atomic E-state index is 12.5. The summed E-state index contributed by atoms with van der Waals surface area (Å²) in [6, 6.07) is 11.1. The number of benzene rings is 2. The van der Waals surface area contributed by atoms with Gasteiger partial charge in [0.1, 0.15) is 0 Å². The van der Waals surface area contributed by atoms with E-state index in [-0.39, 0.29) is 16.8 Å². The van der Waals surface area contributed by atoms with Gasteiger partial charge in [-0.3, -0.25) is 9.59 Å². The van der Waals surface area contributed by atoms with E-state index in [2.05, 4.69) is 4.74 Å². The van der Waals surface area contributed by atoms with E-state index in [1.54, 1.807) is 12.1 Å². The third kappa shape index (κ3) is 2.30. The van der Waals surface area contributed by atoms with E-state index in [1.165, 1.54) is 30.3 Å². The van der Waals surface area contributed by atoms with E-state index in [1.807, 2.05) is 0 Å². The number of hydrogen-bond acceptors (Lipinski definition) is 3. The molecule has 0 spiro atoms. The molecule has 1 aliphatic rings. The van der Waals surface area contributed by atoms with Crippen LogP contribution >= 0.6 is 0 Å². The minimum Gasteiger partial charge on any atom is -0.404 e. The highest BCUT2D eigenvalue weighted by molar-refractivity contribution is 6.34. The summed E-state index contributed by atoms with van der Waals surface area (Å²) in [6.07, 6.45) is -4.92. The second kappa shape index (κ2) is 4.87. The van der Waals surface area contributed by atoms with Crippen molar-refractivity contribution in [3.8, 4) is 5.75 Å². The summed E-state index contributed by atoms with van der Waals surface area (Å²) in [5, 5.41) is 0. The molecule has 0 fully saturated rings. The Kier molecular flexibility index (Phi) is 3.13. The summed E-state index contributed by atoms with van der Waals surface area (Å²) in [5.74, 6) is -1.97. The molecule has 7 heteroatoms. The summed E-state index contributed by atoms with van der Waals surface area (Å²) in [7, 11) is 0. The predicted octanol–water partition coefficient (Wildman–Crippen LogP) is 3.39. The van der Waals surface area contributed by atoms with E-state index < -0.39 is 23.9 Å². The minimum absolute atomic E-state index is 0.148. The number of amides is 2. The fourth-order valence-electron chi connectivity index (χ4n) is 2.26. The van der Waals surface area contributed by atoms with Crippen LogP contribution in [0.4, 0.5) is 18.9 Å². The van der Waals surface area contributed by atoms with Crippen LogP contribution in [0.25, 0.3) is 0 Å². The zero-order chi connectivity index (χ0) is 15.9. The number of carbonyl (C=O) groups excluding carboxylic acids is 2. The highest BCUT2D eigenvalue weighted by atomic mass is 19.4. The molecule has 0 saturated heterocycles. The van der Waals surface area contributed by atoms with Crippen LogP contribution in [0.3, 0.4) is 0 Å². The number of ether oxygens (including phenoxy) is 1. The van der Waals surface area contributed by atoms with Gasteiger partial charge < -0.3 is 4.74 Å². The second-order valence-electron chi connectivity index (χ2n) is 4.51. The molecule has 0 unspecified atom stereocenters. The molecule has 2 amide bonds. The molecule has 4 nitrogen and oxygen atoms in total. The standard InChI is InChI=1S/C15H8F3NO3/c16-15(17,18)22-12-8-4-3-7-11(12)19-13(20)9-5-1-2-6-10(9)14(19)21/h1-8H. The lowest BCUT2D eigenvalue weighted by atomic mass is 10.1. The molecule has 0 atom stereocenters. The molecule has 0 bridgehead atoms. The van der Waals surface area contributed by atoms with E-state index in [4.69, 9.17) is 0 Å². The molecule has 2 aromatic rings. The van der Waals surface area contributed by atoms with Crippen molar-refractivity contribution in [2.45, 2.75) is 6.36 Å². The van der Waals surface area contributed by atoms with Crippen LogP contribution in [0, 0.1) is 0 Å². The monoisotopic (exact) mass is 307 g/mol. The summed E-state index contributed by atoms with van der Waals surface area (Å²) < 4.78 is 41.3. The fraction of sp³-hybridized carbons (Fsp3) is 0.0667. The van der Waals surface area contributed by atoms with Gasteiger partial charge in [0.2, 0.25) is 0 Å². The van der Waals surface area contributed by atoms with Gasteiger partial charge in [-0.1, -0.05) is 24.3 Å². The van der Waals surface area contributed by atoms with Gasteiger partial charge in [-0.15, -0.1) is 13.2 Å². The number of anilines is 1. The molecule has 0 radical (unpaired) electrons. The third-order valence-electron chi connectivity index (χ3n) is 3.13. The average Bonchev–Trinajstić information content (AvgIpc) is 2.71. The van der Waals surface area contributed by atoms with Gasteiger partial charge in [0.25, 0.3) is 11.8 Å². The van der Waals surface area contributed by atoms with Crippen molar-refractivity contribution >= 4 is 17.5 Å². The number of carbonyl (C=O) groups is 2. The third-order valence-corrected chi connectivity index (χ3v) is 3.13. The zero-order valence-electron chi connectivity index (χ0n) is 10.9. The van der Waals surface area contributed by atoms with Crippen LogP contribution < -0.4 is 9.64 Å². The van der Waals surface area contributed by atoms with Gasteiger partial charge in [-0.2, -0.15) is 0 Å². The first-order chi connectivity index (χ1) is 10.4. The van der Waals surface area contributed by atoms with Gasteiger partial charge in [0, 0.05) is 0 Å². The highest BCUT2D eigenvalue weighted by Gasteiger charge is 2.39. The molecule has 0 aliphatic carbocycles. The van der Waals surface area contributed by atoms with Crippen molar-refractivity contribution in [3.63, 3.8) is 0 Å². The van der Waals surface area contributed by atoms with Gasteiger partial charge in [0.05, 0.1) is 16.8 Å². The number of halogens is 3. The van der Waals surface area contributed by atoms with Crippen LogP contribution in [0.5, 0.6) is 5.75 Å². The maximum Gasteiger partial charge on any atom is 0.573 e. The molecule has 1 aliphatic heterocycles. The minimum atomic E-state index is -4.92. The Bertz CT molecular complexity index is 736. The molecule has 0 aromatic heterocycles. The van der Waals surface area contributed by atoms with E-state index in [0.29, 0.717) is 4.90 Å². The lowest BCUT2D eigenvalue weighted by molar-refractivity contribution is -0.274. The quantitative estimate of drug-likeness (QED) is 0.799. The van der Waals surface area contributed by atoms with Crippen molar-refractivity contribution in [2.24, 2.45) is 0 Å². The first kappa shape index (κ1) is 14.1. The number of para-hydroxylation sites is 2. The van der Waals surface area contributed by atoms with E-state index in [0.717, 1.165) is 6.07 Å². The predicted molar refractivity (Wildman–Crippen MR) is 70.7 cm³/mol. The maximum absolute atomic E-state index is 12.5. The summed E-state index contributed by atoms with van der Waals surface area (Å²) in [6.45, 7) is 0. The Labute approximate surface area is 122 Å². The number of rotatable bonds is 2. The number of fused-ring (bicyclic) bond motifs is 1. The van der Waals surface area contributed by atoms with Gasteiger partial charge in [0.15, 0.2) is 5.75 Å². The molecular formula is C15H8F3NO3. The summed E-state index contributed by atoms with van der Waals surface area (Å²) >= 11 is 0. The molecule has 2 aromatic carbocycles. The van der Waals surface area contributed by atoms with Crippen molar-refractivity contribution in [1.29, 1.82) is 0 Å². The van der Waals surface area contributed by atoms with E-state index in [9.17, 15) is 22.8 Å². The molecule has 22 heavy (non-hydrogen) atoms. The van der Waals surface area contributed by atoms with Crippen molar-refractivity contribution in [3.05, 3.63) is 59.7 Å². The second-order valence-corrected chi connectivity index (χ2v) is 4.51. The van der Waals surface area contributed by atoms with Crippen LogP contribution in [-0.2, 0) is 0 Å². The molecule has 0 saturated carbocycles. The Hall–Kier alpha value is -2.83. The number of nitrogens with zero attached hydrogens (tertiary/aromatic N) is 1. The Balaban J connectivity index is 2.07. The van der Waals surface area contributed by atoms with Crippen LogP contribution in [0.1, 0.15) is 20.7 Å². The average molecular weight is 307 g/mol. The van der Waals surface area contributed by atoms with Crippen LogP contribution in [0.2, 0.25) is 0 Å². The number of alkyl halides is 3. The molecule has 112 valence electrons.